The van der Waals surface area contributed by atoms with Crippen molar-refractivity contribution in [2.45, 2.75) is 20.4 Å². The van der Waals surface area contributed by atoms with E-state index in [0.29, 0.717) is 6.54 Å². The van der Waals surface area contributed by atoms with Crippen molar-refractivity contribution in [2.75, 3.05) is 12.4 Å². The summed E-state index contributed by atoms with van der Waals surface area (Å²) < 4.78 is 6.43. The Hall–Kier alpha value is -1.19. The lowest BCUT2D eigenvalue weighted by atomic mass is 10.1. The van der Waals surface area contributed by atoms with Crippen molar-refractivity contribution in [3.05, 3.63) is 56.5 Å². The predicted octanol–water partition coefficient (Wildman–Crippen LogP) is 5.34. The molecule has 0 aliphatic carbocycles. The van der Waals surface area contributed by atoms with E-state index in [2.05, 4.69) is 40.3 Å². The molecule has 0 heterocycles. The van der Waals surface area contributed by atoms with Crippen molar-refractivity contribution < 1.29 is 4.74 Å². The van der Waals surface area contributed by atoms with E-state index >= 15 is 0 Å². The summed E-state index contributed by atoms with van der Waals surface area (Å²) in [6.07, 6.45) is 0. The lowest BCUT2D eigenvalue weighted by Crippen LogP contribution is -2.03. The molecular weight excluding hydrogens is 338 g/mol. The number of benzene rings is 2. The zero-order valence-electron chi connectivity index (χ0n) is 11.8. The molecule has 0 unspecified atom stereocenters. The minimum absolute atomic E-state index is 0.707. The lowest BCUT2D eigenvalue weighted by Gasteiger charge is -2.15. The first-order valence-electron chi connectivity index (χ1n) is 6.34. The second-order valence-corrected chi connectivity index (χ2v) is 6.06. The summed E-state index contributed by atoms with van der Waals surface area (Å²) in [5.74, 6) is 0.829. The Bertz CT molecular complexity index is 628. The van der Waals surface area contributed by atoms with Crippen LogP contribution in [0.2, 0.25) is 5.02 Å². The molecule has 0 amide bonds. The summed E-state index contributed by atoms with van der Waals surface area (Å²) in [7, 11) is 1.68. The first kappa shape index (κ1) is 15.2. The number of methoxy groups -OCH3 is 1. The van der Waals surface area contributed by atoms with E-state index in [1.54, 1.807) is 7.11 Å². The number of hydrogen-bond acceptors (Lipinski definition) is 2. The molecule has 0 aliphatic rings. The SMILES string of the molecule is COc1cc(Br)cc(C)c1NCc1ccc(C)c(Cl)c1. The molecule has 0 saturated heterocycles. The highest BCUT2D eigenvalue weighted by Crippen LogP contribution is 2.32. The van der Waals surface area contributed by atoms with Crippen LogP contribution in [0.3, 0.4) is 0 Å². The zero-order chi connectivity index (χ0) is 14.7. The summed E-state index contributed by atoms with van der Waals surface area (Å²) in [6.45, 7) is 4.76. The van der Waals surface area contributed by atoms with Gasteiger partial charge < -0.3 is 10.1 Å². The van der Waals surface area contributed by atoms with Crippen LogP contribution in [0.25, 0.3) is 0 Å². The molecule has 0 spiro atoms. The van der Waals surface area contributed by atoms with Gasteiger partial charge in [0.1, 0.15) is 5.75 Å². The van der Waals surface area contributed by atoms with Gasteiger partial charge in [-0.05, 0) is 48.7 Å². The van der Waals surface area contributed by atoms with Crippen LogP contribution in [-0.2, 0) is 6.54 Å². The van der Waals surface area contributed by atoms with Crippen LogP contribution >= 0.6 is 27.5 Å². The van der Waals surface area contributed by atoms with Crippen molar-refractivity contribution in [1.29, 1.82) is 0 Å². The molecule has 2 aromatic carbocycles. The molecular formula is C16H17BrClNO. The van der Waals surface area contributed by atoms with Gasteiger partial charge in [-0.15, -0.1) is 0 Å². The van der Waals surface area contributed by atoms with Crippen molar-refractivity contribution in [2.24, 2.45) is 0 Å². The number of hydrogen-bond donors (Lipinski definition) is 1. The number of halogens is 2. The lowest BCUT2D eigenvalue weighted by molar-refractivity contribution is 0.416. The molecule has 0 radical (unpaired) electrons. The van der Waals surface area contributed by atoms with Crippen LogP contribution in [0.5, 0.6) is 5.75 Å². The highest BCUT2D eigenvalue weighted by molar-refractivity contribution is 9.10. The van der Waals surface area contributed by atoms with Gasteiger partial charge >= 0.3 is 0 Å². The molecule has 0 atom stereocenters. The number of ether oxygens (including phenoxy) is 1. The minimum atomic E-state index is 0.707. The van der Waals surface area contributed by atoms with Crippen LogP contribution in [-0.4, -0.2) is 7.11 Å². The smallest absolute Gasteiger partial charge is 0.143 e. The van der Waals surface area contributed by atoms with Crippen molar-refractivity contribution >= 4 is 33.2 Å². The Kier molecular flexibility index (Phi) is 4.95. The third-order valence-electron chi connectivity index (χ3n) is 3.19. The first-order valence-corrected chi connectivity index (χ1v) is 7.51. The molecule has 0 bridgehead atoms. The normalized spacial score (nSPS) is 10.4. The Balaban J connectivity index is 2.20. The molecule has 20 heavy (non-hydrogen) atoms. The van der Waals surface area contributed by atoms with Crippen LogP contribution in [0.15, 0.2) is 34.8 Å². The van der Waals surface area contributed by atoms with E-state index in [-0.39, 0.29) is 0 Å². The van der Waals surface area contributed by atoms with Gasteiger partial charge in [-0.3, -0.25) is 0 Å². The summed E-state index contributed by atoms with van der Waals surface area (Å²) in [5.41, 5.74) is 4.37. The molecule has 2 rings (SSSR count). The second kappa shape index (κ2) is 6.51. The fourth-order valence-corrected chi connectivity index (χ4v) is 2.79. The van der Waals surface area contributed by atoms with Crippen LogP contribution in [0.1, 0.15) is 16.7 Å². The monoisotopic (exact) mass is 353 g/mol. The molecule has 1 N–H and O–H groups in total. The number of rotatable bonds is 4. The van der Waals surface area contributed by atoms with Gasteiger partial charge in [0, 0.05) is 16.0 Å². The Morgan fingerprint density at radius 2 is 1.90 bits per heavy atom. The van der Waals surface area contributed by atoms with E-state index in [1.807, 2.05) is 25.1 Å². The van der Waals surface area contributed by atoms with Gasteiger partial charge in [0.15, 0.2) is 0 Å². The summed E-state index contributed by atoms with van der Waals surface area (Å²) in [4.78, 5) is 0. The van der Waals surface area contributed by atoms with Gasteiger partial charge in [0.2, 0.25) is 0 Å². The standard InChI is InChI=1S/C16H17BrClNO/c1-10-4-5-12(7-14(10)18)9-19-16-11(2)6-13(17)8-15(16)20-3/h4-8,19H,9H2,1-3H3. The van der Waals surface area contributed by atoms with E-state index < -0.39 is 0 Å². The largest absolute Gasteiger partial charge is 0.495 e. The second-order valence-electron chi connectivity index (χ2n) is 4.74. The van der Waals surface area contributed by atoms with Gasteiger partial charge in [-0.25, -0.2) is 0 Å². The average molecular weight is 355 g/mol. The average Bonchev–Trinajstić information content (AvgIpc) is 2.40. The molecule has 2 nitrogen and oxygen atoms in total. The minimum Gasteiger partial charge on any atom is -0.495 e. The van der Waals surface area contributed by atoms with Crippen LogP contribution < -0.4 is 10.1 Å². The summed E-state index contributed by atoms with van der Waals surface area (Å²) in [5, 5.41) is 4.21. The summed E-state index contributed by atoms with van der Waals surface area (Å²) in [6, 6.07) is 10.1. The fraction of sp³-hybridized carbons (Fsp3) is 0.250. The van der Waals surface area contributed by atoms with Gasteiger partial charge in [-0.2, -0.15) is 0 Å². The van der Waals surface area contributed by atoms with Gasteiger partial charge in [0.25, 0.3) is 0 Å². The fourth-order valence-electron chi connectivity index (χ4n) is 2.04. The van der Waals surface area contributed by atoms with Crippen molar-refractivity contribution in [1.82, 2.24) is 0 Å². The molecule has 4 heteroatoms. The molecule has 0 aliphatic heterocycles. The topological polar surface area (TPSA) is 21.3 Å². The van der Waals surface area contributed by atoms with E-state index in [0.717, 1.165) is 37.6 Å². The Labute approximate surface area is 133 Å². The molecule has 0 fully saturated rings. The zero-order valence-corrected chi connectivity index (χ0v) is 14.1. The maximum absolute atomic E-state index is 6.15. The maximum atomic E-state index is 6.15. The van der Waals surface area contributed by atoms with E-state index in [1.165, 1.54) is 0 Å². The first-order chi connectivity index (χ1) is 9.51. The highest BCUT2D eigenvalue weighted by Gasteiger charge is 2.08. The molecule has 0 aromatic heterocycles. The van der Waals surface area contributed by atoms with Crippen LogP contribution in [0, 0.1) is 13.8 Å². The number of anilines is 1. The maximum Gasteiger partial charge on any atom is 0.143 e. The predicted molar refractivity (Wildman–Crippen MR) is 88.9 cm³/mol. The summed E-state index contributed by atoms with van der Waals surface area (Å²) >= 11 is 9.62. The van der Waals surface area contributed by atoms with E-state index in [9.17, 15) is 0 Å². The quantitative estimate of drug-likeness (QED) is 0.800. The Morgan fingerprint density at radius 3 is 2.55 bits per heavy atom. The molecule has 2 aromatic rings. The number of nitrogens with one attached hydrogen (secondary N) is 1. The molecule has 0 saturated carbocycles. The highest BCUT2D eigenvalue weighted by atomic mass is 79.9. The van der Waals surface area contributed by atoms with Crippen molar-refractivity contribution in [3.8, 4) is 5.75 Å². The van der Waals surface area contributed by atoms with E-state index in [4.69, 9.17) is 16.3 Å². The third-order valence-corrected chi connectivity index (χ3v) is 4.05. The third kappa shape index (κ3) is 3.47. The van der Waals surface area contributed by atoms with Gasteiger partial charge in [-0.1, -0.05) is 39.7 Å². The molecule has 106 valence electrons. The van der Waals surface area contributed by atoms with Gasteiger partial charge in [0.05, 0.1) is 12.8 Å². The van der Waals surface area contributed by atoms with Crippen molar-refractivity contribution in [3.63, 3.8) is 0 Å². The van der Waals surface area contributed by atoms with Crippen LogP contribution in [0.4, 0.5) is 5.69 Å². The Morgan fingerprint density at radius 1 is 1.15 bits per heavy atom. The number of aryl methyl sites for hydroxylation is 2.